The molecule has 132 valence electrons. The normalized spacial score (nSPS) is 10.6. The van der Waals surface area contributed by atoms with Gasteiger partial charge in [0.1, 0.15) is 5.69 Å². The average molecular weight is 345 g/mol. The lowest BCUT2D eigenvalue weighted by molar-refractivity contribution is -0.384. The highest BCUT2D eigenvalue weighted by atomic mass is 16.6. The fraction of sp³-hybridized carbons (Fsp3) is 0.312. The number of carbonyl (C=O) groups excluding carboxylic acids is 2. The molecule has 2 N–H and O–H groups in total. The number of amides is 2. The molecule has 0 aliphatic heterocycles. The number of non-ortho nitro benzene ring substituents is 1. The molecule has 1 aromatic heterocycles. The van der Waals surface area contributed by atoms with E-state index in [0.29, 0.717) is 6.54 Å². The van der Waals surface area contributed by atoms with Gasteiger partial charge in [-0.25, -0.2) is 0 Å². The molecular weight excluding hydrogens is 326 g/mol. The number of anilines is 1. The van der Waals surface area contributed by atoms with Gasteiger partial charge in [0.2, 0.25) is 0 Å². The molecule has 1 aromatic carbocycles. The summed E-state index contributed by atoms with van der Waals surface area (Å²) >= 11 is 0. The number of hydrogen-bond acceptors (Lipinski definition) is 5. The third kappa shape index (κ3) is 4.40. The van der Waals surface area contributed by atoms with Gasteiger partial charge in [-0.05, 0) is 12.0 Å². The minimum absolute atomic E-state index is 0.117. The molecule has 2 amide bonds. The molecule has 9 nitrogen and oxygen atoms in total. The van der Waals surface area contributed by atoms with E-state index in [1.807, 2.05) is 13.8 Å². The van der Waals surface area contributed by atoms with Crippen molar-refractivity contribution in [2.24, 2.45) is 13.0 Å². The number of carbonyl (C=O) groups is 2. The van der Waals surface area contributed by atoms with Gasteiger partial charge in [-0.3, -0.25) is 24.4 Å². The second kappa shape index (κ2) is 7.56. The van der Waals surface area contributed by atoms with Crippen LogP contribution in [-0.2, 0) is 7.05 Å². The molecule has 0 aliphatic rings. The van der Waals surface area contributed by atoms with Crippen molar-refractivity contribution >= 4 is 23.2 Å². The Morgan fingerprint density at radius 3 is 2.68 bits per heavy atom. The van der Waals surface area contributed by atoms with E-state index in [9.17, 15) is 19.7 Å². The number of nitrogens with one attached hydrogen (secondary N) is 2. The summed E-state index contributed by atoms with van der Waals surface area (Å²) in [5.41, 5.74) is 0.375. The zero-order valence-corrected chi connectivity index (χ0v) is 14.1. The van der Waals surface area contributed by atoms with E-state index in [2.05, 4.69) is 15.7 Å². The fourth-order valence-corrected chi connectivity index (χ4v) is 2.13. The van der Waals surface area contributed by atoms with Crippen LogP contribution in [0.4, 0.5) is 11.4 Å². The van der Waals surface area contributed by atoms with Crippen molar-refractivity contribution in [2.45, 2.75) is 13.8 Å². The Morgan fingerprint density at radius 1 is 1.32 bits per heavy atom. The molecule has 2 rings (SSSR count). The molecular formula is C16H19N5O4. The molecule has 0 unspecified atom stereocenters. The summed E-state index contributed by atoms with van der Waals surface area (Å²) in [4.78, 5) is 34.9. The lowest BCUT2D eigenvalue weighted by Gasteiger charge is -2.10. The lowest BCUT2D eigenvalue weighted by atomic mass is 10.2. The number of benzene rings is 1. The predicted octanol–water partition coefficient (Wildman–Crippen LogP) is 1.97. The third-order valence-corrected chi connectivity index (χ3v) is 3.39. The molecule has 0 spiro atoms. The highest BCUT2D eigenvalue weighted by Gasteiger charge is 2.20. The van der Waals surface area contributed by atoms with Gasteiger partial charge in [-0.2, -0.15) is 5.10 Å². The highest BCUT2D eigenvalue weighted by Crippen LogP contribution is 2.18. The maximum Gasteiger partial charge on any atom is 0.271 e. The maximum atomic E-state index is 12.3. The summed E-state index contributed by atoms with van der Waals surface area (Å²) < 4.78 is 1.36. The van der Waals surface area contributed by atoms with E-state index in [1.54, 1.807) is 7.05 Å². The number of hydrogen-bond donors (Lipinski definition) is 2. The predicted molar refractivity (Wildman–Crippen MR) is 91.4 cm³/mol. The quantitative estimate of drug-likeness (QED) is 0.613. The van der Waals surface area contributed by atoms with Gasteiger partial charge >= 0.3 is 0 Å². The first kappa shape index (κ1) is 18.1. The van der Waals surface area contributed by atoms with Gasteiger partial charge in [0.15, 0.2) is 0 Å². The van der Waals surface area contributed by atoms with Gasteiger partial charge in [0.05, 0.1) is 16.8 Å². The van der Waals surface area contributed by atoms with E-state index in [-0.39, 0.29) is 34.5 Å². The Bertz CT molecular complexity index is 813. The van der Waals surface area contributed by atoms with Gasteiger partial charge in [0, 0.05) is 31.3 Å². The van der Waals surface area contributed by atoms with Crippen LogP contribution in [0.5, 0.6) is 0 Å². The minimum atomic E-state index is -0.578. The molecule has 0 saturated heterocycles. The molecule has 9 heteroatoms. The summed E-state index contributed by atoms with van der Waals surface area (Å²) in [6, 6.07) is 5.35. The van der Waals surface area contributed by atoms with Crippen LogP contribution in [0.1, 0.15) is 34.7 Å². The van der Waals surface area contributed by atoms with Crippen LogP contribution in [0, 0.1) is 16.0 Å². The summed E-state index contributed by atoms with van der Waals surface area (Å²) in [5, 5.41) is 20.1. The first-order valence-corrected chi connectivity index (χ1v) is 7.65. The Labute approximate surface area is 144 Å². The van der Waals surface area contributed by atoms with Gasteiger partial charge in [-0.15, -0.1) is 0 Å². The Morgan fingerprint density at radius 2 is 2.04 bits per heavy atom. The number of rotatable bonds is 6. The average Bonchev–Trinajstić information content (AvgIpc) is 2.93. The smallest absolute Gasteiger partial charge is 0.271 e. The third-order valence-electron chi connectivity index (χ3n) is 3.39. The van der Waals surface area contributed by atoms with Crippen LogP contribution in [0.15, 0.2) is 30.5 Å². The molecule has 0 aliphatic carbocycles. The van der Waals surface area contributed by atoms with Gasteiger partial charge in [0.25, 0.3) is 17.5 Å². The van der Waals surface area contributed by atoms with Crippen LogP contribution < -0.4 is 10.6 Å². The van der Waals surface area contributed by atoms with Crippen molar-refractivity contribution in [3.8, 4) is 0 Å². The maximum absolute atomic E-state index is 12.3. The first-order chi connectivity index (χ1) is 11.8. The van der Waals surface area contributed by atoms with Crippen LogP contribution in [0.2, 0.25) is 0 Å². The molecule has 0 radical (unpaired) electrons. The van der Waals surface area contributed by atoms with Crippen LogP contribution in [0.25, 0.3) is 0 Å². The molecule has 2 aromatic rings. The zero-order valence-electron chi connectivity index (χ0n) is 14.1. The summed E-state index contributed by atoms with van der Waals surface area (Å²) in [7, 11) is 1.59. The summed E-state index contributed by atoms with van der Waals surface area (Å²) in [6.45, 7) is 4.42. The largest absolute Gasteiger partial charge is 0.350 e. The van der Waals surface area contributed by atoms with Crippen LogP contribution in [-0.4, -0.2) is 33.1 Å². The Kier molecular flexibility index (Phi) is 5.48. The first-order valence-electron chi connectivity index (χ1n) is 7.65. The fourth-order valence-electron chi connectivity index (χ4n) is 2.13. The van der Waals surface area contributed by atoms with E-state index in [0.717, 1.165) is 0 Å². The van der Waals surface area contributed by atoms with E-state index in [4.69, 9.17) is 0 Å². The summed E-state index contributed by atoms with van der Waals surface area (Å²) in [6.07, 6.45) is 1.36. The summed E-state index contributed by atoms with van der Waals surface area (Å²) in [5.74, 6) is -0.641. The van der Waals surface area contributed by atoms with Crippen molar-refractivity contribution in [1.82, 2.24) is 15.1 Å². The molecule has 0 saturated carbocycles. The number of nitro benzene ring substituents is 1. The van der Waals surface area contributed by atoms with Crippen molar-refractivity contribution in [3.05, 3.63) is 51.8 Å². The van der Waals surface area contributed by atoms with Crippen molar-refractivity contribution in [3.63, 3.8) is 0 Å². The van der Waals surface area contributed by atoms with Crippen molar-refractivity contribution < 1.29 is 14.5 Å². The van der Waals surface area contributed by atoms with Crippen molar-refractivity contribution in [1.29, 1.82) is 0 Å². The molecule has 25 heavy (non-hydrogen) atoms. The number of nitro groups is 1. The van der Waals surface area contributed by atoms with E-state index >= 15 is 0 Å². The van der Waals surface area contributed by atoms with Gasteiger partial charge in [-0.1, -0.05) is 19.9 Å². The van der Waals surface area contributed by atoms with E-state index in [1.165, 1.54) is 35.1 Å². The Hall–Kier alpha value is -3.23. The molecule has 1 heterocycles. The van der Waals surface area contributed by atoms with Gasteiger partial charge < -0.3 is 10.6 Å². The minimum Gasteiger partial charge on any atom is -0.350 e. The van der Waals surface area contributed by atoms with Crippen LogP contribution >= 0.6 is 0 Å². The lowest BCUT2D eigenvalue weighted by Crippen LogP contribution is -2.30. The molecule has 0 bridgehead atoms. The second-order valence-corrected chi connectivity index (χ2v) is 5.90. The van der Waals surface area contributed by atoms with E-state index < -0.39 is 10.8 Å². The zero-order chi connectivity index (χ0) is 18.6. The van der Waals surface area contributed by atoms with Crippen LogP contribution in [0.3, 0.4) is 0 Å². The SMILES string of the molecule is CC(C)CNC(=O)c1c(NC(=O)c2cccc([N+](=O)[O-])c2)cnn1C. The number of aromatic nitrogens is 2. The second-order valence-electron chi connectivity index (χ2n) is 5.90. The molecule has 0 fully saturated rings. The van der Waals surface area contributed by atoms with Crippen molar-refractivity contribution in [2.75, 3.05) is 11.9 Å². The topological polar surface area (TPSA) is 119 Å². The standard InChI is InChI=1S/C16H19N5O4/c1-10(2)8-17-16(23)14-13(9-18-20(14)3)19-15(22)11-5-4-6-12(7-11)21(24)25/h4-7,9-10H,8H2,1-3H3,(H,17,23)(H,19,22). The number of nitrogens with zero attached hydrogens (tertiary/aromatic N) is 3. The highest BCUT2D eigenvalue weighted by molar-refractivity contribution is 6.08. The Balaban J connectivity index is 2.20. The molecule has 0 atom stereocenters. The number of aryl methyl sites for hydroxylation is 1. The monoisotopic (exact) mass is 345 g/mol.